The van der Waals surface area contributed by atoms with Gasteiger partial charge >= 0.3 is 6.09 Å². The summed E-state index contributed by atoms with van der Waals surface area (Å²) in [4.78, 5) is 31.6. The second-order valence-electron chi connectivity index (χ2n) is 5.94. The van der Waals surface area contributed by atoms with Crippen molar-refractivity contribution in [2.24, 2.45) is 0 Å². The number of aldehydes is 1. The maximum atomic E-state index is 12.2. The van der Waals surface area contributed by atoms with Crippen LogP contribution in [0.4, 0.5) is 9.93 Å². The smallest absolute Gasteiger partial charge is 0.410 e. The Balaban J connectivity index is 3.10. The standard InChI is InChI=1S/C14H23N3O4S/c1-14(2,3)21-13(19)17(6)9(8-18)10-11(20-7)15-12(22-10)16(4)5/h8-9H,1-7H3. The molecule has 22 heavy (non-hydrogen) atoms. The highest BCUT2D eigenvalue weighted by molar-refractivity contribution is 7.16. The summed E-state index contributed by atoms with van der Waals surface area (Å²) in [5.41, 5.74) is -0.634. The lowest BCUT2D eigenvalue weighted by Gasteiger charge is -2.27. The van der Waals surface area contributed by atoms with E-state index in [2.05, 4.69) is 4.98 Å². The van der Waals surface area contributed by atoms with Crippen LogP contribution in [0.2, 0.25) is 0 Å². The van der Waals surface area contributed by atoms with Gasteiger partial charge in [0.2, 0.25) is 5.88 Å². The minimum atomic E-state index is -0.809. The Morgan fingerprint density at radius 2 is 1.91 bits per heavy atom. The van der Waals surface area contributed by atoms with Crippen molar-refractivity contribution in [2.45, 2.75) is 32.4 Å². The van der Waals surface area contributed by atoms with Gasteiger partial charge in [-0.3, -0.25) is 4.90 Å². The molecule has 0 spiro atoms. The molecule has 1 heterocycles. The molecule has 0 fully saturated rings. The van der Waals surface area contributed by atoms with Gasteiger partial charge in [0.1, 0.15) is 22.8 Å². The van der Waals surface area contributed by atoms with E-state index in [1.165, 1.54) is 30.4 Å². The number of amides is 1. The Hall–Kier alpha value is -1.83. The molecule has 1 atom stereocenters. The molecule has 0 aliphatic heterocycles. The summed E-state index contributed by atoms with van der Waals surface area (Å²) in [6.07, 6.45) is 0.103. The molecule has 1 aromatic heterocycles. The second kappa shape index (κ2) is 6.95. The molecule has 0 N–H and O–H groups in total. The summed E-state index contributed by atoms with van der Waals surface area (Å²) in [6.45, 7) is 5.31. The molecule has 0 aliphatic carbocycles. The predicted octanol–water partition coefficient (Wildman–Crippen LogP) is 2.32. The monoisotopic (exact) mass is 329 g/mol. The number of ether oxygens (including phenoxy) is 2. The normalized spacial score (nSPS) is 12.5. The van der Waals surface area contributed by atoms with Crippen molar-refractivity contribution in [1.82, 2.24) is 9.88 Å². The number of carbonyl (C=O) groups is 2. The van der Waals surface area contributed by atoms with Crippen molar-refractivity contribution >= 4 is 28.8 Å². The van der Waals surface area contributed by atoms with E-state index < -0.39 is 17.7 Å². The third-order valence-electron chi connectivity index (χ3n) is 2.68. The SMILES string of the molecule is COc1nc(N(C)C)sc1C(C=O)N(C)C(=O)OC(C)(C)C. The maximum Gasteiger partial charge on any atom is 0.410 e. The molecule has 1 rings (SSSR count). The van der Waals surface area contributed by atoms with Gasteiger partial charge in [0.05, 0.1) is 7.11 Å². The minimum Gasteiger partial charge on any atom is -0.480 e. The van der Waals surface area contributed by atoms with Crippen LogP contribution >= 0.6 is 11.3 Å². The summed E-state index contributed by atoms with van der Waals surface area (Å²) in [5, 5.41) is 0.691. The number of nitrogens with zero attached hydrogens (tertiary/aromatic N) is 3. The van der Waals surface area contributed by atoms with E-state index in [0.717, 1.165) is 0 Å². The number of rotatable bonds is 5. The molecule has 0 aliphatic rings. The molecule has 1 aromatic rings. The number of likely N-dealkylation sites (N-methyl/N-ethyl adjacent to an activating group) is 1. The van der Waals surface area contributed by atoms with Crippen LogP contribution in [0.1, 0.15) is 31.7 Å². The van der Waals surface area contributed by atoms with Crippen LogP contribution in [0.5, 0.6) is 5.88 Å². The average Bonchev–Trinajstić information content (AvgIpc) is 2.81. The van der Waals surface area contributed by atoms with Crippen LogP contribution in [0, 0.1) is 0 Å². The summed E-state index contributed by atoms with van der Waals surface area (Å²) >= 11 is 1.30. The highest BCUT2D eigenvalue weighted by Crippen LogP contribution is 2.37. The molecular weight excluding hydrogens is 306 g/mol. The van der Waals surface area contributed by atoms with Gasteiger partial charge in [-0.2, -0.15) is 4.98 Å². The highest BCUT2D eigenvalue weighted by atomic mass is 32.1. The quantitative estimate of drug-likeness (QED) is 0.772. The summed E-state index contributed by atoms with van der Waals surface area (Å²) in [7, 11) is 6.68. The van der Waals surface area contributed by atoms with Crippen LogP contribution < -0.4 is 9.64 Å². The lowest BCUT2D eigenvalue weighted by Crippen LogP contribution is -2.37. The van der Waals surface area contributed by atoms with Crippen LogP contribution in [0.25, 0.3) is 0 Å². The fourth-order valence-corrected chi connectivity index (χ4v) is 2.67. The molecule has 0 saturated heterocycles. The molecule has 1 unspecified atom stereocenters. The fraction of sp³-hybridized carbons (Fsp3) is 0.643. The van der Waals surface area contributed by atoms with E-state index in [4.69, 9.17) is 9.47 Å². The second-order valence-corrected chi connectivity index (χ2v) is 6.95. The molecule has 8 heteroatoms. The van der Waals surface area contributed by atoms with Crippen LogP contribution in [0.3, 0.4) is 0 Å². The zero-order valence-electron chi connectivity index (χ0n) is 14.0. The van der Waals surface area contributed by atoms with Crippen molar-refractivity contribution in [1.29, 1.82) is 0 Å². The van der Waals surface area contributed by atoms with Crippen molar-refractivity contribution in [2.75, 3.05) is 33.2 Å². The number of hydrogen-bond acceptors (Lipinski definition) is 7. The lowest BCUT2D eigenvalue weighted by atomic mass is 10.2. The molecule has 1 amide bonds. The third-order valence-corrected chi connectivity index (χ3v) is 3.96. The first-order valence-electron chi connectivity index (χ1n) is 6.73. The average molecular weight is 329 g/mol. The first-order valence-corrected chi connectivity index (χ1v) is 7.55. The number of aromatic nitrogens is 1. The zero-order chi connectivity index (χ0) is 17.1. The molecule has 0 bridgehead atoms. The van der Waals surface area contributed by atoms with Crippen molar-refractivity contribution in [3.8, 4) is 5.88 Å². The Bertz CT molecular complexity index is 537. The van der Waals surface area contributed by atoms with Gasteiger partial charge in [0.25, 0.3) is 0 Å². The lowest BCUT2D eigenvalue weighted by molar-refractivity contribution is -0.112. The number of hydrogen-bond donors (Lipinski definition) is 0. The van der Waals surface area contributed by atoms with E-state index >= 15 is 0 Å². The predicted molar refractivity (Wildman–Crippen MR) is 85.8 cm³/mol. The number of thiazole rings is 1. The first-order chi connectivity index (χ1) is 10.1. The van der Waals surface area contributed by atoms with Crippen molar-refractivity contribution in [3.63, 3.8) is 0 Å². The van der Waals surface area contributed by atoms with Crippen LogP contribution in [0.15, 0.2) is 0 Å². The largest absolute Gasteiger partial charge is 0.480 e. The van der Waals surface area contributed by atoms with Crippen molar-refractivity contribution < 1.29 is 19.1 Å². The Kier molecular flexibility index (Phi) is 5.76. The summed E-state index contributed by atoms with van der Waals surface area (Å²) in [5.74, 6) is 0.334. The van der Waals surface area contributed by atoms with Gasteiger partial charge in [-0.05, 0) is 20.8 Å². The van der Waals surface area contributed by atoms with Crippen LogP contribution in [-0.4, -0.2) is 56.1 Å². The van der Waals surface area contributed by atoms with Gasteiger partial charge < -0.3 is 19.2 Å². The summed E-state index contributed by atoms with van der Waals surface area (Å²) < 4.78 is 10.5. The Morgan fingerprint density at radius 3 is 2.32 bits per heavy atom. The maximum absolute atomic E-state index is 12.2. The first kappa shape index (κ1) is 18.2. The summed E-state index contributed by atoms with van der Waals surface area (Å²) in [6, 6.07) is -0.809. The Labute approximate surface area is 134 Å². The van der Waals surface area contributed by atoms with Gasteiger partial charge in [0, 0.05) is 21.1 Å². The third kappa shape index (κ3) is 4.33. The molecule has 0 radical (unpaired) electrons. The van der Waals surface area contributed by atoms with E-state index in [0.29, 0.717) is 22.2 Å². The number of anilines is 1. The Morgan fingerprint density at radius 1 is 1.32 bits per heavy atom. The minimum absolute atomic E-state index is 0.334. The molecule has 124 valence electrons. The molecule has 0 saturated carbocycles. The van der Waals surface area contributed by atoms with Gasteiger partial charge in [0.15, 0.2) is 5.13 Å². The number of carbonyl (C=O) groups excluding carboxylic acids is 2. The van der Waals surface area contributed by atoms with E-state index in [1.54, 1.807) is 20.8 Å². The molecule has 7 nitrogen and oxygen atoms in total. The van der Waals surface area contributed by atoms with Gasteiger partial charge in [-0.1, -0.05) is 11.3 Å². The van der Waals surface area contributed by atoms with Gasteiger partial charge in [-0.25, -0.2) is 4.79 Å². The fourth-order valence-electron chi connectivity index (χ4n) is 1.61. The highest BCUT2D eigenvalue weighted by Gasteiger charge is 2.30. The topological polar surface area (TPSA) is 72.0 Å². The molecule has 0 aromatic carbocycles. The van der Waals surface area contributed by atoms with E-state index in [9.17, 15) is 9.59 Å². The van der Waals surface area contributed by atoms with E-state index in [-0.39, 0.29) is 0 Å². The van der Waals surface area contributed by atoms with Crippen molar-refractivity contribution in [3.05, 3.63) is 4.88 Å². The zero-order valence-corrected chi connectivity index (χ0v) is 14.9. The number of methoxy groups -OCH3 is 1. The molecular formula is C14H23N3O4S. The van der Waals surface area contributed by atoms with E-state index in [1.807, 2.05) is 19.0 Å². The van der Waals surface area contributed by atoms with Gasteiger partial charge in [-0.15, -0.1) is 0 Å². The van der Waals surface area contributed by atoms with Crippen LogP contribution in [-0.2, 0) is 9.53 Å².